The number of aryl methyl sites for hydroxylation is 2. The lowest BCUT2D eigenvalue weighted by molar-refractivity contribution is 0.0170. The molecular formula is C22H33IN4O3. The topological polar surface area (TPSA) is 71.3 Å². The molecule has 1 aliphatic heterocycles. The van der Waals surface area contributed by atoms with Crippen LogP contribution in [0.4, 0.5) is 0 Å². The molecule has 0 aliphatic carbocycles. The van der Waals surface area contributed by atoms with Crippen LogP contribution in [-0.2, 0) is 11.3 Å². The van der Waals surface area contributed by atoms with Gasteiger partial charge >= 0.3 is 0 Å². The van der Waals surface area contributed by atoms with Crippen molar-refractivity contribution in [3.8, 4) is 5.75 Å². The fourth-order valence-corrected chi connectivity index (χ4v) is 3.62. The van der Waals surface area contributed by atoms with Gasteiger partial charge in [-0.1, -0.05) is 12.1 Å². The van der Waals surface area contributed by atoms with E-state index in [4.69, 9.17) is 13.9 Å². The van der Waals surface area contributed by atoms with E-state index in [2.05, 4.69) is 38.7 Å². The predicted molar refractivity (Wildman–Crippen MR) is 130 cm³/mol. The first-order valence-electron chi connectivity index (χ1n) is 10.1. The van der Waals surface area contributed by atoms with Gasteiger partial charge in [-0.2, -0.15) is 0 Å². The molecule has 0 saturated carbocycles. The average Bonchev–Trinajstić information content (AvgIpc) is 3.08. The van der Waals surface area contributed by atoms with Gasteiger partial charge in [0.15, 0.2) is 5.96 Å². The van der Waals surface area contributed by atoms with Crippen LogP contribution in [0.15, 0.2) is 39.7 Å². The highest BCUT2D eigenvalue weighted by Crippen LogP contribution is 2.23. The Morgan fingerprint density at radius 3 is 2.43 bits per heavy atom. The van der Waals surface area contributed by atoms with Crippen molar-refractivity contribution in [2.24, 2.45) is 4.99 Å². The minimum absolute atomic E-state index is 0. The zero-order valence-electron chi connectivity index (χ0n) is 18.2. The number of rotatable bonds is 7. The van der Waals surface area contributed by atoms with Crippen LogP contribution in [-0.4, -0.2) is 57.9 Å². The Bertz CT molecular complexity index is 801. The monoisotopic (exact) mass is 528 g/mol. The Kier molecular flexibility index (Phi) is 9.93. The molecular weight excluding hydrogens is 495 g/mol. The van der Waals surface area contributed by atoms with Crippen molar-refractivity contribution in [3.05, 3.63) is 53.0 Å². The second kappa shape index (κ2) is 12.2. The van der Waals surface area contributed by atoms with Gasteiger partial charge in [-0.25, -0.2) is 0 Å². The summed E-state index contributed by atoms with van der Waals surface area (Å²) < 4.78 is 16.5. The van der Waals surface area contributed by atoms with Crippen molar-refractivity contribution in [3.63, 3.8) is 0 Å². The summed E-state index contributed by atoms with van der Waals surface area (Å²) in [6.45, 7) is 8.72. The third-order valence-electron chi connectivity index (χ3n) is 5.26. The first kappa shape index (κ1) is 24.5. The van der Waals surface area contributed by atoms with Crippen molar-refractivity contribution in [1.29, 1.82) is 0 Å². The standard InChI is InChI=1S/C22H32N4O3.HI/c1-16-13-19(17(2)29-16)14-24-22(23-3)25-15-21(26-9-11-28-12-10-26)18-5-7-20(27-4)8-6-18;/h5-8,13,21H,9-12,14-15H2,1-4H3,(H2,23,24,25);1H. The largest absolute Gasteiger partial charge is 0.497 e. The normalized spacial score (nSPS) is 15.9. The van der Waals surface area contributed by atoms with Gasteiger partial charge in [0.05, 0.1) is 26.4 Å². The smallest absolute Gasteiger partial charge is 0.191 e. The summed E-state index contributed by atoms with van der Waals surface area (Å²) in [6.07, 6.45) is 0. The summed E-state index contributed by atoms with van der Waals surface area (Å²) in [5.41, 5.74) is 2.39. The molecule has 2 aromatic rings. The zero-order chi connectivity index (χ0) is 20.6. The SMILES string of the molecule is CN=C(NCc1cc(C)oc1C)NCC(c1ccc(OC)cc1)N1CCOCC1.I. The predicted octanol–water partition coefficient (Wildman–Crippen LogP) is 3.26. The van der Waals surface area contributed by atoms with Gasteiger partial charge in [0, 0.05) is 38.8 Å². The van der Waals surface area contributed by atoms with Crippen LogP contribution in [0, 0.1) is 13.8 Å². The van der Waals surface area contributed by atoms with E-state index < -0.39 is 0 Å². The molecule has 0 amide bonds. The minimum Gasteiger partial charge on any atom is -0.497 e. The number of furan rings is 1. The molecule has 8 heteroatoms. The fraction of sp³-hybridized carbons (Fsp3) is 0.500. The Balaban J connectivity index is 0.00000320. The second-order valence-electron chi connectivity index (χ2n) is 7.18. The van der Waals surface area contributed by atoms with Gasteiger partial charge in [0.2, 0.25) is 0 Å². The van der Waals surface area contributed by atoms with Gasteiger partial charge in [-0.3, -0.25) is 9.89 Å². The van der Waals surface area contributed by atoms with Gasteiger partial charge < -0.3 is 24.5 Å². The molecule has 30 heavy (non-hydrogen) atoms. The summed E-state index contributed by atoms with van der Waals surface area (Å²) in [7, 11) is 3.48. The highest BCUT2D eigenvalue weighted by atomic mass is 127. The zero-order valence-corrected chi connectivity index (χ0v) is 20.6. The molecule has 7 nitrogen and oxygen atoms in total. The molecule has 1 aromatic carbocycles. The van der Waals surface area contributed by atoms with Crippen LogP contribution in [0.25, 0.3) is 0 Å². The maximum Gasteiger partial charge on any atom is 0.191 e. The van der Waals surface area contributed by atoms with E-state index in [1.165, 1.54) is 5.56 Å². The summed E-state index contributed by atoms with van der Waals surface area (Å²) in [6, 6.07) is 10.6. The van der Waals surface area contributed by atoms with Crippen LogP contribution in [0.2, 0.25) is 0 Å². The molecule has 0 bridgehead atoms. The number of hydrogen-bond acceptors (Lipinski definition) is 5. The lowest BCUT2D eigenvalue weighted by atomic mass is 10.0. The first-order chi connectivity index (χ1) is 14.1. The first-order valence-corrected chi connectivity index (χ1v) is 10.1. The number of benzene rings is 1. The summed E-state index contributed by atoms with van der Waals surface area (Å²) in [5, 5.41) is 6.87. The van der Waals surface area contributed by atoms with Crippen molar-refractivity contribution in [2.75, 3.05) is 47.0 Å². The molecule has 1 atom stereocenters. The lowest BCUT2D eigenvalue weighted by Crippen LogP contribution is -2.46. The van der Waals surface area contributed by atoms with Crippen molar-refractivity contribution < 1.29 is 13.9 Å². The number of nitrogens with zero attached hydrogens (tertiary/aromatic N) is 2. The number of morpholine rings is 1. The molecule has 1 unspecified atom stereocenters. The van der Waals surface area contributed by atoms with Crippen molar-refractivity contribution in [2.45, 2.75) is 26.4 Å². The van der Waals surface area contributed by atoms with E-state index >= 15 is 0 Å². The van der Waals surface area contributed by atoms with E-state index in [0.29, 0.717) is 6.54 Å². The quantitative estimate of drug-likeness (QED) is 0.327. The second-order valence-corrected chi connectivity index (χ2v) is 7.18. The van der Waals surface area contributed by atoms with E-state index in [9.17, 15) is 0 Å². The molecule has 0 radical (unpaired) electrons. The fourth-order valence-electron chi connectivity index (χ4n) is 3.62. The van der Waals surface area contributed by atoms with Gasteiger partial charge in [-0.15, -0.1) is 24.0 Å². The van der Waals surface area contributed by atoms with Crippen LogP contribution in [0.1, 0.15) is 28.7 Å². The number of aliphatic imine (C=N–C) groups is 1. The summed E-state index contributed by atoms with van der Waals surface area (Å²) in [5.74, 6) is 3.50. The molecule has 0 spiro atoms. The van der Waals surface area contributed by atoms with E-state index in [1.54, 1.807) is 14.2 Å². The van der Waals surface area contributed by atoms with Crippen LogP contribution in [0.5, 0.6) is 5.75 Å². The van der Waals surface area contributed by atoms with Gasteiger partial charge in [0.1, 0.15) is 17.3 Å². The number of ether oxygens (including phenoxy) is 2. The van der Waals surface area contributed by atoms with E-state index in [1.807, 2.05) is 26.0 Å². The Hall–Kier alpha value is -1.78. The van der Waals surface area contributed by atoms with Gasteiger partial charge in [-0.05, 0) is 37.6 Å². The number of halogens is 1. The molecule has 1 saturated heterocycles. The van der Waals surface area contributed by atoms with Crippen LogP contribution in [0.3, 0.4) is 0 Å². The number of guanidine groups is 1. The number of nitrogens with one attached hydrogen (secondary N) is 2. The van der Waals surface area contributed by atoms with Crippen molar-refractivity contribution >= 4 is 29.9 Å². The Labute approximate surface area is 196 Å². The Morgan fingerprint density at radius 1 is 1.17 bits per heavy atom. The molecule has 2 N–H and O–H groups in total. The number of methoxy groups -OCH3 is 1. The molecule has 166 valence electrons. The van der Waals surface area contributed by atoms with Gasteiger partial charge in [0.25, 0.3) is 0 Å². The molecule has 1 fully saturated rings. The van der Waals surface area contributed by atoms with E-state index in [0.717, 1.165) is 61.6 Å². The third kappa shape index (κ3) is 6.61. The molecule has 2 heterocycles. The van der Waals surface area contributed by atoms with Crippen LogP contribution >= 0.6 is 24.0 Å². The van der Waals surface area contributed by atoms with Crippen LogP contribution < -0.4 is 15.4 Å². The highest BCUT2D eigenvalue weighted by molar-refractivity contribution is 14.0. The molecule has 3 rings (SSSR count). The lowest BCUT2D eigenvalue weighted by Gasteiger charge is -2.35. The average molecular weight is 528 g/mol. The molecule has 1 aliphatic rings. The maximum atomic E-state index is 5.61. The Morgan fingerprint density at radius 2 is 1.87 bits per heavy atom. The highest BCUT2D eigenvalue weighted by Gasteiger charge is 2.23. The van der Waals surface area contributed by atoms with Crippen molar-refractivity contribution in [1.82, 2.24) is 15.5 Å². The number of hydrogen-bond donors (Lipinski definition) is 2. The summed E-state index contributed by atoms with van der Waals surface area (Å²) in [4.78, 5) is 6.83. The minimum atomic E-state index is 0. The maximum absolute atomic E-state index is 5.61. The third-order valence-corrected chi connectivity index (χ3v) is 5.26. The molecule has 1 aromatic heterocycles. The summed E-state index contributed by atoms with van der Waals surface area (Å²) >= 11 is 0. The van der Waals surface area contributed by atoms with E-state index in [-0.39, 0.29) is 30.0 Å².